The highest BCUT2D eigenvalue weighted by Gasteiger charge is 2.05. The minimum atomic E-state index is 0.242. The van der Waals surface area contributed by atoms with Crippen molar-refractivity contribution < 1.29 is 14.6 Å². The maximum atomic E-state index is 9.22. The van der Waals surface area contributed by atoms with E-state index >= 15 is 0 Å². The summed E-state index contributed by atoms with van der Waals surface area (Å²) < 4.78 is 11.0. The lowest BCUT2D eigenvalue weighted by Crippen LogP contribution is -2.01. The van der Waals surface area contributed by atoms with Crippen molar-refractivity contribution in [2.45, 2.75) is 13.2 Å². The molecule has 0 aliphatic rings. The number of ether oxygens (including phenoxy) is 2. The molecule has 4 heteroatoms. The summed E-state index contributed by atoms with van der Waals surface area (Å²) in [5, 5.41) is 9.22. The number of hydrogen-bond acceptors (Lipinski definition) is 4. The normalized spacial score (nSPS) is 10.2. The fourth-order valence-electron chi connectivity index (χ4n) is 1.71. The van der Waals surface area contributed by atoms with Gasteiger partial charge >= 0.3 is 0 Å². The number of methoxy groups -OCH3 is 1. The van der Waals surface area contributed by atoms with E-state index < -0.39 is 0 Å². The molecule has 0 saturated carbocycles. The van der Waals surface area contributed by atoms with Crippen LogP contribution in [0, 0.1) is 0 Å². The van der Waals surface area contributed by atoms with Gasteiger partial charge in [0.2, 0.25) is 0 Å². The average Bonchev–Trinajstić information content (AvgIpc) is 2.46. The van der Waals surface area contributed by atoms with Gasteiger partial charge in [0, 0.05) is 6.54 Å². The molecule has 0 aliphatic heterocycles. The number of aromatic hydroxyl groups is 1. The molecule has 2 aromatic rings. The van der Waals surface area contributed by atoms with Gasteiger partial charge in [-0.25, -0.2) is 0 Å². The Morgan fingerprint density at radius 2 is 1.68 bits per heavy atom. The Morgan fingerprint density at radius 1 is 1.00 bits per heavy atom. The standard InChI is InChI=1S/C15H17NO3/c1-18-14-7-4-12(9-16)8-15(14)19-10-11-2-5-13(17)6-3-11/h2-8,17H,9-10,16H2,1H3. The van der Waals surface area contributed by atoms with Crippen LogP contribution in [0.15, 0.2) is 42.5 Å². The van der Waals surface area contributed by atoms with Crippen molar-refractivity contribution >= 4 is 0 Å². The van der Waals surface area contributed by atoms with Gasteiger partial charge in [0.05, 0.1) is 7.11 Å². The first-order valence-electron chi connectivity index (χ1n) is 6.00. The van der Waals surface area contributed by atoms with Crippen molar-refractivity contribution in [2.24, 2.45) is 5.73 Å². The lowest BCUT2D eigenvalue weighted by Gasteiger charge is -2.12. The minimum absolute atomic E-state index is 0.242. The molecule has 0 saturated heterocycles. The SMILES string of the molecule is COc1ccc(CN)cc1OCc1ccc(O)cc1. The molecule has 0 fully saturated rings. The van der Waals surface area contributed by atoms with Crippen molar-refractivity contribution in [2.75, 3.05) is 7.11 Å². The molecule has 0 heterocycles. The van der Waals surface area contributed by atoms with Crippen molar-refractivity contribution in [3.8, 4) is 17.2 Å². The van der Waals surface area contributed by atoms with Gasteiger partial charge in [0.1, 0.15) is 12.4 Å². The summed E-state index contributed by atoms with van der Waals surface area (Å²) >= 11 is 0. The van der Waals surface area contributed by atoms with Crippen LogP contribution in [-0.2, 0) is 13.2 Å². The zero-order valence-electron chi connectivity index (χ0n) is 10.8. The molecular formula is C15H17NO3. The Morgan fingerprint density at radius 3 is 2.32 bits per heavy atom. The summed E-state index contributed by atoms with van der Waals surface area (Å²) in [4.78, 5) is 0. The van der Waals surface area contributed by atoms with E-state index in [4.69, 9.17) is 15.2 Å². The average molecular weight is 259 g/mol. The van der Waals surface area contributed by atoms with Gasteiger partial charge in [-0.3, -0.25) is 0 Å². The Kier molecular flexibility index (Phi) is 4.26. The lowest BCUT2D eigenvalue weighted by atomic mass is 10.2. The van der Waals surface area contributed by atoms with Crippen LogP contribution in [0.3, 0.4) is 0 Å². The molecule has 0 aromatic heterocycles. The maximum Gasteiger partial charge on any atom is 0.161 e. The summed E-state index contributed by atoms with van der Waals surface area (Å²) in [5.41, 5.74) is 7.57. The molecule has 0 spiro atoms. The van der Waals surface area contributed by atoms with E-state index in [-0.39, 0.29) is 5.75 Å². The zero-order valence-corrected chi connectivity index (χ0v) is 10.8. The van der Waals surface area contributed by atoms with E-state index in [2.05, 4.69) is 0 Å². The molecule has 100 valence electrons. The first kappa shape index (κ1) is 13.2. The second-order valence-electron chi connectivity index (χ2n) is 4.14. The monoisotopic (exact) mass is 259 g/mol. The molecule has 3 N–H and O–H groups in total. The topological polar surface area (TPSA) is 64.7 Å². The molecule has 0 amide bonds. The Bertz CT molecular complexity index is 538. The third kappa shape index (κ3) is 3.39. The van der Waals surface area contributed by atoms with Crippen LogP contribution in [0.4, 0.5) is 0 Å². The fourth-order valence-corrected chi connectivity index (χ4v) is 1.71. The molecular weight excluding hydrogens is 242 g/mol. The van der Waals surface area contributed by atoms with Gasteiger partial charge in [-0.1, -0.05) is 18.2 Å². The van der Waals surface area contributed by atoms with Crippen molar-refractivity contribution in [1.82, 2.24) is 0 Å². The highest BCUT2D eigenvalue weighted by Crippen LogP contribution is 2.28. The van der Waals surface area contributed by atoms with E-state index in [0.29, 0.717) is 24.7 Å². The number of phenols is 1. The summed E-state index contributed by atoms with van der Waals surface area (Å²) in [5.74, 6) is 1.58. The van der Waals surface area contributed by atoms with Crippen LogP contribution in [0.5, 0.6) is 17.2 Å². The van der Waals surface area contributed by atoms with Gasteiger partial charge in [-0.2, -0.15) is 0 Å². The van der Waals surface area contributed by atoms with E-state index in [1.807, 2.05) is 30.3 Å². The zero-order chi connectivity index (χ0) is 13.7. The maximum absolute atomic E-state index is 9.22. The predicted octanol–water partition coefficient (Wildman–Crippen LogP) is 2.44. The van der Waals surface area contributed by atoms with Crippen molar-refractivity contribution in [1.29, 1.82) is 0 Å². The van der Waals surface area contributed by atoms with Gasteiger partial charge in [-0.15, -0.1) is 0 Å². The summed E-state index contributed by atoms with van der Waals surface area (Å²) in [6.45, 7) is 0.865. The molecule has 2 aromatic carbocycles. The number of rotatable bonds is 5. The van der Waals surface area contributed by atoms with E-state index in [1.165, 1.54) is 0 Å². The third-order valence-corrected chi connectivity index (χ3v) is 2.79. The molecule has 0 bridgehead atoms. The highest BCUT2D eigenvalue weighted by molar-refractivity contribution is 5.43. The van der Waals surface area contributed by atoms with Crippen LogP contribution in [0.1, 0.15) is 11.1 Å². The van der Waals surface area contributed by atoms with Gasteiger partial charge in [0.25, 0.3) is 0 Å². The van der Waals surface area contributed by atoms with Crippen LogP contribution in [-0.4, -0.2) is 12.2 Å². The van der Waals surface area contributed by atoms with E-state index in [1.54, 1.807) is 19.2 Å². The van der Waals surface area contributed by atoms with Crippen LogP contribution in [0.2, 0.25) is 0 Å². The Labute approximate surface area is 112 Å². The number of hydrogen-bond donors (Lipinski definition) is 2. The fraction of sp³-hybridized carbons (Fsp3) is 0.200. The smallest absolute Gasteiger partial charge is 0.161 e. The van der Waals surface area contributed by atoms with E-state index in [0.717, 1.165) is 11.1 Å². The van der Waals surface area contributed by atoms with Crippen LogP contribution < -0.4 is 15.2 Å². The van der Waals surface area contributed by atoms with Crippen molar-refractivity contribution in [3.63, 3.8) is 0 Å². The number of phenolic OH excluding ortho intramolecular Hbond substituents is 1. The lowest BCUT2D eigenvalue weighted by molar-refractivity contribution is 0.284. The predicted molar refractivity (Wildman–Crippen MR) is 73.3 cm³/mol. The van der Waals surface area contributed by atoms with Gasteiger partial charge in [0.15, 0.2) is 11.5 Å². The molecule has 0 radical (unpaired) electrons. The molecule has 2 rings (SSSR count). The quantitative estimate of drug-likeness (QED) is 0.865. The van der Waals surface area contributed by atoms with Crippen molar-refractivity contribution in [3.05, 3.63) is 53.6 Å². The molecule has 0 aliphatic carbocycles. The number of nitrogens with two attached hydrogens (primary N) is 1. The Hall–Kier alpha value is -2.20. The second kappa shape index (κ2) is 6.11. The number of benzene rings is 2. The molecule has 0 atom stereocenters. The largest absolute Gasteiger partial charge is 0.508 e. The van der Waals surface area contributed by atoms with Gasteiger partial charge < -0.3 is 20.3 Å². The molecule has 19 heavy (non-hydrogen) atoms. The van der Waals surface area contributed by atoms with Crippen LogP contribution in [0.25, 0.3) is 0 Å². The minimum Gasteiger partial charge on any atom is -0.508 e. The summed E-state index contributed by atoms with van der Waals surface area (Å²) in [7, 11) is 1.60. The van der Waals surface area contributed by atoms with Crippen LogP contribution >= 0.6 is 0 Å². The molecule has 0 unspecified atom stereocenters. The first-order valence-corrected chi connectivity index (χ1v) is 6.00. The molecule has 4 nitrogen and oxygen atoms in total. The van der Waals surface area contributed by atoms with E-state index in [9.17, 15) is 5.11 Å². The first-order chi connectivity index (χ1) is 9.22. The highest BCUT2D eigenvalue weighted by atomic mass is 16.5. The Balaban J connectivity index is 2.11. The summed E-state index contributed by atoms with van der Waals surface area (Å²) in [6, 6.07) is 12.5. The third-order valence-electron chi connectivity index (χ3n) is 2.79. The summed E-state index contributed by atoms with van der Waals surface area (Å²) in [6.07, 6.45) is 0. The van der Waals surface area contributed by atoms with Gasteiger partial charge in [-0.05, 0) is 35.4 Å². The second-order valence-corrected chi connectivity index (χ2v) is 4.14.